The minimum Gasteiger partial charge on any atom is -0.361 e. The van der Waals surface area contributed by atoms with Crippen molar-refractivity contribution in [2.75, 3.05) is 26.2 Å². The van der Waals surface area contributed by atoms with E-state index < -0.39 is 0 Å². The molecule has 0 aliphatic carbocycles. The Balaban J connectivity index is 1.14. The maximum atomic E-state index is 3.92. The first-order chi connectivity index (χ1) is 14.8. The van der Waals surface area contributed by atoms with Crippen LogP contribution in [0.5, 0.6) is 0 Å². The number of aromatic amines is 1. The van der Waals surface area contributed by atoms with Crippen LogP contribution in [0.4, 0.5) is 0 Å². The number of rotatable bonds is 8. The summed E-state index contributed by atoms with van der Waals surface area (Å²) in [6.45, 7) is 5.56. The molecule has 3 heterocycles. The molecule has 0 amide bonds. The summed E-state index contributed by atoms with van der Waals surface area (Å²) in [5.74, 6) is 0.747. The molecule has 0 spiro atoms. The number of likely N-dealkylation sites (tertiary alicyclic amines) is 1. The molecule has 6 nitrogen and oxygen atoms in total. The summed E-state index contributed by atoms with van der Waals surface area (Å²) in [7, 11) is 0. The molecule has 5 rings (SSSR count). The molecule has 0 radical (unpaired) electrons. The van der Waals surface area contributed by atoms with Crippen molar-refractivity contribution in [2.45, 2.75) is 19.4 Å². The van der Waals surface area contributed by atoms with Gasteiger partial charge in [-0.05, 0) is 61.2 Å². The zero-order valence-corrected chi connectivity index (χ0v) is 17.2. The van der Waals surface area contributed by atoms with E-state index >= 15 is 0 Å². The molecule has 1 aliphatic heterocycles. The minimum atomic E-state index is 0.747. The van der Waals surface area contributed by atoms with Gasteiger partial charge >= 0.3 is 0 Å². The third kappa shape index (κ3) is 4.30. The van der Waals surface area contributed by atoms with Crippen molar-refractivity contribution in [3.63, 3.8) is 0 Å². The normalized spacial score (nSPS) is 17.1. The highest BCUT2D eigenvalue weighted by molar-refractivity contribution is 5.85. The molecule has 6 heteroatoms. The van der Waals surface area contributed by atoms with Crippen molar-refractivity contribution in [1.29, 1.82) is 0 Å². The van der Waals surface area contributed by atoms with E-state index in [1.54, 1.807) is 12.7 Å². The Bertz CT molecular complexity index is 1070. The van der Waals surface area contributed by atoms with Gasteiger partial charge in [0.2, 0.25) is 0 Å². The van der Waals surface area contributed by atoms with E-state index in [0.29, 0.717) is 0 Å². The van der Waals surface area contributed by atoms with Crippen molar-refractivity contribution < 1.29 is 0 Å². The highest BCUT2D eigenvalue weighted by Gasteiger charge is 2.22. The molecule has 2 N–H and O–H groups in total. The fourth-order valence-corrected chi connectivity index (χ4v) is 4.45. The van der Waals surface area contributed by atoms with Crippen LogP contribution in [-0.4, -0.2) is 50.8 Å². The lowest BCUT2D eigenvalue weighted by molar-refractivity contribution is 0.326. The molecule has 0 saturated carbocycles. The number of nitrogens with zero attached hydrogens (tertiary/aromatic N) is 4. The van der Waals surface area contributed by atoms with Gasteiger partial charge in [-0.15, -0.1) is 10.2 Å². The van der Waals surface area contributed by atoms with Crippen LogP contribution in [-0.2, 0) is 13.0 Å². The van der Waals surface area contributed by atoms with Gasteiger partial charge in [0.1, 0.15) is 12.7 Å². The Morgan fingerprint density at radius 2 is 1.93 bits per heavy atom. The van der Waals surface area contributed by atoms with E-state index in [-0.39, 0.29) is 0 Å². The van der Waals surface area contributed by atoms with E-state index in [4.69, 9.17) is 0 Å². The first-order valence-corrected chi connectivity index (χ1v) is 10.8. The van der Waals surface area contributed by atoms with E-state index in [1.165, 1.54) is 41.5 Å². The Morgan fingerprint density at radius 3 is 2.80 bits per heavy atom. The van der Waals surface area contributed by atoms with Crippen LogP contribution in [0.25, 0.3) is 16.6 Å². The number of hydrogen-bond acceptors (Lipinski definition) is 4. The van der Waals surface area contributed by atoms with Crippen LogP contribution < -0.4 is 5.32 Å². The van der Waals surface area contributed by atoms with Crippen molar-refractivity contribution in [1.82, 2.24) is 30.0 Å². The Labute approximate surface area is 176 Å². The number of benzene rings is 2. The number of hydrogen-bond donors (Lipinski definition) is 2. The quantitative estimate of drug-likeness (QED) is 0.476. The lowest BCUT2D eigenvalue weighted by Gasteiger charge is -2.16. The van der Waals surface area contributed by atoms with Gasteiger partial charge in [-0.25, -0.2) is 0 Å². The smallest absolute Gasteiger partial charge is 0.123 e. The predicted octanol–water partition coefficient (Wildman–Crippen LogP) is 3.40. The second kappa shape index (κ2) is 8.81. The highest BCUT2D eigenvalue weighted by atomic mass is 15.2. The second-order valence-electron chi connectivity index (χ2n) is 8.23. The van der Waals surface area contributed by atoms with Crippen molar-refractivity contribution in [2.24, 2.45) is 5.92 Å². The first kappa shape index (κ1) is 19.0. The van der Waals surface area contributed by atoms with Gasteiger partial charge in [-0.3, -0.25) is 4.57 Å². The van der Waals surface area contributed by atoms with Crippen LogP contribution in [0.3, 0.4) is 0 Å². The lowest BCUT2D eigenvalue weighted by Crippen LogP contribution is -2.27. The molecule has 4 aromatic rings. The lowest BCUT2D eigenvalue weighted by atomic mass is 10.1. The molecule has 2 aromatic carbocycles. The van der Waals surface area contributed by atoms with Crippen LogP contribution in [0.1, 0.15) is 17.5 Å². The number of fused-ring (bicyclic) bond motifs is 1. The van der Waals surface area contributed by atoms with Crippen LogP contribution in [0.2, 0.25) is 0 Å². The third-order valence-electron chi connectivity index (χ3n) is 6.14. The summed E-state index contributed by atoms with van der Waals surface area (Å²) >= 11 is 0. The summed E-state index contributed by atoms with van der Waals surface area (Å²) in [5, 5.41) is 12.8. The predicted molar refractivity (Wildman–Crippen MR) is 120 cm³/mol. The molecule has 1 fully saturated rings. The molecular formula is C24H28N6. The molecular weight excluding hydrogens is 372 g/mol. The van der Waals surface area contributed by atoms with Crippen LogP contribution in [0, 0.1) is 5.92 Å². The molecule has 30 heavy (non-hydrogen) atoms. The average Bonchev–Trinajstić information content (AvgIpc) is 3.54. The van der Waals surface area contributed by atoms with Gasteiger partial charge in [0, 0.05) is 42.4 Å². The van der Waals surface area contributed by atoms with Gasteiger partial charge in [-0.1, -0.05) is 30.3 Å². The maximum Gasteiger partial charge on any atom is 0.123 e. The molecule has 2 aromatic heterocycles. The topological polar surface area (TPSA) is 61.8 Å². The fraction of sp³-hybridized carbons (Fsp3) is 0.333. The highest BCUT2D eigenvalue weighted by Crippen LogP contribution is 2.23. The molecule has 1 atom stereocenters. The standard InChI is InChI=1S/C24H28N6/c1-2-4-19(5-3-1)13-25-14-20-8-10-29(16-20)11-9-21-15-26-24-7-6-22(12-23(21)24)30-17-27-28-18-30/h1-7,12,15,17-18,20,25-26H,8-11,13-14,16H2/t20-/m1/s1. The summed E-state index contributed by atoms with van der Waals surface area (Å²) in [6, 6.07) is 17.1. The number of nitrogens with one attached hydrogen (secondary N) is 2. The molecule has 1 saturated heterocycles. The van der Waals surface area contributed by atoms with E-state index in [2.05, 4.69) is 80.1 Å². The summed E-state index contributed by atoms with van der Waals surface area (Å²) in [5.41, 5.74) is 5.02. The Hall–Kier alpha value is -2.96. The molecule has 0 unspecified atom stereocenters. The van der Waals surface area contributed by atoms with Gasteiger partial charge in [0.25, 0.3) is 0 Å². The van der Waals surface area contributed by atoms with Crippen molar-refractivity contribution >= 4 is 10.9 Å². The number of aromatic nitrogens is 4. The SMILES string of the molecule is c1ccc(CNC[C@H]2CCN(CCc3c[nH]c4ccc(-n5cnnc5)cc34)C2)cc1. The largest absolute Gasteiger partial charge is 0.361 e. The van der Waals surface area contributed by atoms with E-state index in [1.807, 2.05) is 4.57 Å². The van der Waals surface area contributed by atoms with Crippen molar-refractivity contribution in [3.8, 4) is 5.69 Å². The monoisotopic (exact) mass is 400 g/mol. The summed E-state index contributed by atoms with van der Waals surface area (Å²) in [6.07, 6.45) is 7.99. The average molecular weight is 401 g/mol. The molecule has 0 bridgehead atoms. The summed E-state index contributed by atoms with van der Waals surface area (Å²) < 4.78 is 1.95. The fourth-order valence-electron chi connectivity index (χ4n) is 4.45. The molecule has 154 valence electrons. The zero-order valence-electron chi connectivity index (χ0n) is 17.2. The Morgan fingerprint density at radius 1 is 1.07 bits per heavy atom. The minimum absolute atomic E-state index is 0.747. The maximum absolute atomic E-state index is 3.92. The number of H-pyrrole nitrogens is 1. The van der Waals surface area contributed by atoms with Gasteiger partial charge < -0.3 is 15.2 Å². The van der Waals surface area contributed by atoms with Gasteiger partial charge in [0.05, 0.1) is 0 Å². The third-order valence-corrected chi connectivity index (χ3v) is 6.14. The second-order valence-corrected chi connectivity index (χ2v) is 8.23. The van der Waals surface area contributed by atoms with Gasteiger partial charge in [-0.2, -0.15) is 0 Å². The van der Waals surface area contributed by atoms with Gasteiger partial charge in [0.15, 0.2) is 0 Å². The van der Waals surface area contributed by atoms with Crippen LogP contribution >= 0.6 is 0 Å². The molecule has 1 aliphatic rings. The first-order valence-electron chi connectivity index (χ1n) is 10.8. The Kier molecular flexibility index (Phi) is 5.59. The zero-order chi connectivity index (χ0) is 20.2. The van der Waals surface area contributed by atoms with E-state index in [9.17, 15) is 0 Å². The van der Waals surface area contributed by atoms with E-state index in [0.717, 1.165) is 37.7 Å². The summed E-state index contributed by atoms with van der Waals surface area (Å²) in [4.78, 5) is 6.03. The van der Waals surface area contributed by atoms with Crippen LogP contribution in [0.15, 0.2) is 67.4 Å². The van der Waals surface area contributed by atoms with Crippen molar-refractivity contribution in [3.05, 3.63) is 78.5 Å².